The van der Waals surface area contributed by atoms with E-state index < -0.39 is 0 Å². The van der Waals surface area contributed by atoms with Crippen LogP contribution in [0, 0.1) is 20.8 Å². The lowest BCUT2D eigenvalue weighted by Gasteiger charge is -2.17. The maximum atomic E-state index is 13.5. The SMILES string of the molecule is Cc1ccc(C)c(-n2c(SCC(=O)Nc3c(C)cccc3C(C)C)nc3ccccc3c2=O)c1. The van der Waals surface area contributed by atoms with Crippen LogP contribution in [0.2, 0.25) is 0 Å². The minimum atomic E-state index is -0.136. The molecule has 1 heterocycles. The van der Waals surface area contributed by atoms with E-state index in [1.54, 1.807) is 10.6 Å². The fourth-order valence-corrected chi connectivity index (χ4v) is 4.84. The van der Waals surface area contributed by atoms with Gasteiger partial charge < -0.3 is 5.32 Å². The monoisotopic (exact) mass is 471 g/mol. The third-order valence-electron chi connectivity index (χ3n) is 5.87. The molecule has 34 heavy (non-hydrogen) atoms. The third-order valence-corrected chi connectivity index (χ3v) is 6.81. The van der Waals surface area contributed by atoms with Gasteiger partial charge in [-0.05, 0) is 67.1 Å². The molecule has 0 aliphatic carbocycles. The van der Waals surface area contributed by atoms with Gasteiger partial charge >= 0.3 is 0 Å². The molecule has 0 bridgehead atoms. The van der Waals surface area contributed by atoms with Crippen LogP contribution in [0.1, 0.15) is 42.0 Å². The first-order valence-corrected chi connectivity index (χ1v) is 12.4. The summed E-state index contributed by atoms with van der Waals surface area (Å²) >= 11 is 1.27. The van der Waals surface area contributed by atoms with Crippen molar-refractivity contribution in [1.29, 1.82) is 0 Å². The summed E-state index contributed by atoms with van der Waals surface area (Å²) < 4.78 is 1.63. The largest absolute Gasteiger partial charge is 0.325 e. The highest BCUT2D eigenvalue weighted by Gasteiger charge is 2.17. The Morgan fingerprint density at radius 1 is 1.00 bits per heavy atom. The molecule has 4 aromatic rings. The molecule has 0 atom stereocenters. The third kappa shape index (κ3) is 4.77. The Labute approximate surface area is 204 Å². The van der Waals surface area contributed by atoms with E-state index in [2.05, 4.69) is 19.2 Å². The number of nitrogens with zero attached hydrogens (tertiary/aromatic N) is 2. The van der Waals surface area contributed by atoms with Gasteiger partial charge in [0.2, 0.25) is 5.91 Å². The van der Waals surface area contributed by atoms with Gasteiger partial charge in [0.25, 0.3) is 5.56 Å². The van der Waals surface area contributed by atoms with Gasteiger partial charge in [-0.15, -0.1) is 0 Å². The van der Waals surface area contributed by atoms with Crippen molar-refractivity contribution in [2.75, 3.05) is 11.1 Å². The van der Waals surface area contributed by atoms with Crippen molar-refractivity contribution in [3.63, 3.8) is 0 Å². The van der Waals surface area contributed by atoms with Gasteiger partial charge in [-0.1, -0.05) is 68.1 Å². The Morgan fingerprint density at radius 2 is 1.76 bits per heavy atom. The van der Waals surface area contributed by atoms with Crippen LogP contribution in [0.15, 0.2) is 70.6 Å². The summed E-state index contributed by atoms with van der Waals surface area (Å²) in [6.45, 7) is 10.2. The number of anilines is 1. The first-order valence-electron chi connectivity index (χ1n) is 11.4. The van der Waals surface area contributed by atoms with Crippen molar-refractivity contribution >= 4 is 34.3 Å². The fraction of sp³-hybridized carbons (Fsp3) is 0.250. The van der Waals surface area contributed by atoms with Gasteiger partial charge in [-0.3, -0.25) is 14.2 Å². The Kier molecular flexibility index (Phi) is 6.89. The average Bonchev–Trinajstić information content (AvgIpc) is 2.81. The molecule has 0 saturated carbocycles. The minimum Gasteiger partial charge on any atom is -0.325 e. The number of hydrogen-bond donors (Lipinski definition) is 1. The Balaban J connectivity index is 1.71. The molecule has 5 nitrogen and oxygen atoms in total. The predicted molar refractivity (Wildman–Crippen MR) is 141 cm³/mol. The number of hydrogen-bond acceptors (Lipinski definition) is 4. The summed E-state index contributed by atoms with van der Waals surface area (Å²) in [5.74, 6) is 0.303. The van der Waals surface area contributed by atoms with Crippen LogP contribution in [-0.2, 0) is 4.79 Å². The Bertz CT molecular complexity index is 1440. The van der Waals surface area contributed by atoms with E-state index in [1.807, 2.05) is 75.4 Å². The number of para-hydroxylation sites is 2. The fourth-order valence-electron chi connectivity index (χ4n) is 4.03. The molecule has 0 radical (unpaired) electrons. The molecule has 6 heteroatoms. The second kappa shape index (κ2) is 9.85. The molecule has 1 N–H and O–H groups in total. The predicted octanol–water partition coefficient (Wildman–Crippen LogP) is 6.17. The van der Waals surface area contributed by atoms with E-state index in [1.165, 1.54) is 11.8 Å². The standard InChI is InChI=1S/C28H29N3O2S/c1-17(2)21-11-8-9-20(5)26(21)30-25(32)16-34-28-29-23-12-7-6-10-22(23)27(33)31(28)24-15-18(3)13-14-19(24)4/h6-15,17H,16H2,1-5H3,(H,30,32). The molecule has 4 rings (SSSR count). The van der Waals surface area contributed by atoms with E-state index in [4.69, 9.17) is 4.98 Å². The molecule has 0 aliphatic rings. The average molecular weight is 472 g/mol. The molecular formula is C28H29N3O2S. The molecular weight excluding hydrogens is 442 g/mol. The maximum Gasteiger partial charge on any atom is 0.266 e. The Hall–Kier alpha value is -3.38. The summed E-state index contributed by atoms with van der Waals surface area (Å²) in [5, 5.41) is 4.14. The first kappa shape index (κ1) is 23.8. The summed E-state index contributed by atoms with van der Waals surface area (Å²) in [6, 6.07) is 19.4. The number of amides is 1. The first-order chi connectivity index (χ1) is 16.3. The van der Waals surface area contributed by atoms with Gasteiger partial charge in [-0.25, -0.2) is 4.98 Å². The zero-order chi connectivity index (χ0) is 24.4. The molecule has 0 spiro atoms. The van der Waals surface area contributed by atoms with E-state index in [0.717, 1.165) is 33.6 Å². The smallest absolute Gasteiger partial charge is 0.266 e. The van der Waals surface area contributed by atoms with Crippen LogP contribution in [0.5, 0.6) is 0 Å². The van der Waals surface area contributed by atoms with E-state index in [0.29, 0.717) is 22.0 Å². The van der Waals surface area contributed by atoms with Crippen molar-refractivity contribution in [3.05, 3.63) is 93.3 Å². The van der Waals surface area contributed by atoms with E-state index in [-0.39, 0.29) is 17.2 Å². The van der Waals surface area contributed by atoms with Crippen LogP contribution in [0.4, 0.5) is 5.69 Å². The van der Waals surface area contributed by atoms with Gasteiger partial charge in [0.15, 0.2) is 5.16 Å². The zero-order valence-corrected chi connectivity index (χ0v) is 21.0. The minimum absolute atomic E-state index is 0.129. The molecule has 1 amide bonds. The van der Waals surface area contributed by atoms with Gasteiger partial charge in [0.1, 0.15) is 0 Å². The number of nitrogens with one attached hydrogen (secondary N) is 1. The number of carbonyl (C=O) groups excluding carboxylic acids is 1. The van der Waals surface area contributed by atoms with Crippen molar-refractivity contribution in [3.8, 4) is 5.69 Å². The number of aryl methyl sites for hydroxylation is 3. The summed E-state index contributed by atoms with van der Waals surface area (Å²) in [5.41, 5.74) is 6.29. The molecule has 0 unspecified atom stereocenters. The van der Waals surface area contributed by atoms with Crippen LogP contribution >= 0.6 is 11.8 Å². The molecule has 174 valence electrons. The summed E-state index contributed by atoms with van der Waals surface area (Å²) in [4.78, 5) is 31.3. The van der Waals surface area contributed by atoms with Crippen molar-refractivity contribution in [1.82, 2.24) is 9.55 Å². The second-order valence-corrected chi connectivity index (χ2v) is 9.82. The van der Waals surface area contributed by atoms with Crippen molar-refractivity contribution in [2.45, 2.75) is 45.7 Å². The normalized spacial score (nSPS) is 11.2. The van der Waals surface area contributed by atoms with Gasteiger partial charge in [0, 0.05) is 5.69 Å². The van der Waals surface area contributed by atoms with E-state index in [9.17, 15) is 9.59 Å². The van der Waals surface area contributed by atoms with Crippen LogP contribution < -0.4 is 10.9 Å². The number of benzene rings is 3. The lowest BCUT2D eigenvalue weighted by Crippen LogP contribution is -2.24. The lowest BCUT2D eigenvalue weighted by molar-refractivity contribution is -0.113. The Morgan fingerprint density at radius 3 is 2.53 bits per heavy atom. The number of fused-ring (bicyclic) bond motifs is 1. The number of carbonyl (C=O) groups is 1. The topological polar surface area (TPSA) is 64.0 Å². The maximum absolute atomic E-state index is 13.5. The highest BCUT2D eigenvalue weighted by molar-refractivity contribution is 7.99. The highest BCUT2D eigenvalue weighted by Crippen LogP contribution is 2.28. The van der Waals surface area contributed by atoms with Crippen molar-refractivity contribution < 1.29 is 4.79 Å². The van der Waals surface area contributed by atoms with Crippen LogP contribution in [0.3, 0.4) is 0 Å². The lowest BCUT2D eigenvalue weighted by atomic mass is 9.98. The number of rotatable bonds is 6. The van der Waals surface area contributed by atoms with Gasteiger partial charge in [0.05, 0.1) is 22.3 Å². The second-order valence-electron chi connectivity index (χ2n) is 8.87. The van der Waals surface area contributed by atoms with E-state index >= 15 is 0 Å². The number of aromatic nitrogens is 2. The molecule has 0 saturated heterocycles. The molecule has 3 aromatic carbocycles. The molecule has 0 fully saturated rings. The van der Waals surface area contributed by atoms with Crippen LogP contribution in [0.25, 0.3) is 16.6 Å². The molecule has 1 aromatic heterocycles. The molecule has 0 aliphatic heterocycles. The van der Waals surface area contributed by atoms with Crippen molar-refractivity contribution in [2.24, 2.45) is 0 Å². The highest BCUT2D eigenvalue weighted by atomic mass is 32.2. The number of thioether (sulfide) groups is 1. The van der Waals surface area contributed by atoms with Crippen LogP contribution in [-0.4, -0.2) is 21.2 Å². The quantitative estimate of drug-likeness (QED) is 0.270. The zero-order valence-electron chi connectivity index (χ0n) is 20.2. The van der Waals surface area contributed by atoms with Gasteiger partial charge in [-0.2, -0.15) is 0 Å². The summed E-state index contributed by atoms with van der Waals surface area (Å²) in [7, 11) is 0. The summed E-state index contributed by atoms with van der Waals surface area (Å²) in [6.07, 6.45) is 0.